The first-order valence-electron chi connectivity index (χ1n) is 6.61. The number of aromatic carboxylic acids is 1. The number of aliphatic carboxylic acids is 1. The number of carbonyl (C=O) groups is 2. The lowest BCUT2D eigenvalue weighted by atomic mass is 9.82. The molecule has 0 aliphatic carbocycles. The van der Waals surface area contributed by atoms with Gasteiger partial charge in [-0.1, -0.05) is 49.4 Å². The van der Waals surface area contributed by atoms with Crippen molar-refractivity contribution in [2.45, 2.75) is 18.8 Å². The molecule has 0 bridgehead atoms. The third-order valence-electron chi connectivity index (χ3n) is 3.61. The van der Waals surface area contributed by atoms with Gasteiger partial charge >= 0.3 is 11.9 Å². The molecule has 0 aromatic heterocycles. The van der Waals surface area contributed by atoms with Gasteiger partial charge in [0.25, 0.3) is 0 Å². The molecule has 0 spiro atoms. The van der Waals surface area contributed by atoms with Gasteiger partial charge in [-0.05, 0) is 29.2 Å². The fourth-order valence-corrected chi connectivity index (χ4v) is 2.43. The van der Waals surface area contributed by atoms with Gasteiger partial charge in [-0.15, -0.1) is 0 Å². The molecule has 21 heavy (non-hydrogen) atoms. The molecule has 2 atom stereocenters. The summed E-state index contributed by atoms with van der Waals surface area (Å²) < 4.78 is 0. The normalized spacial score (nSPS) is 13.4. The van der Waals surface area contributed by atoms with E-state index >= 15 is 0 Å². The Kier molecular flexibility index (Phi) is 4.38. The topological polar surface area (TPSA) is 74.6 Å². The van der Waals surface area contributed by atoms with E-state index in [4.69, 9.17) is 5.11 Å². The third kappa shape index (κ3) is 3.28. The van der Waals surface area contributed by atoms with Gasteiger partial charge in [0, 0.05) is 0 Å². The molecule has 2 aromatic carbocycles. The summed E-state index contributed by atoms with van der Waals surface area (Å²) in [6.07, 6.45) is 0. The van der Waals surface area contributed by atoms with Gasteiger partial charge in [-0.2, -0.15) is 0 Å². The maximum atomic E-state index is 11.6. The zero-order chi connectivity index (χ0) is 15.4. The van der Waals surface area contributed by atoms with Crippen LogP contribution < -0.4 is 0 Å². The number of carboxylic acid groups (broad SMARTS) is 2. The van der Waals surface area contributed by atoms with Crippen LogP contribution >= 0.6 is 0 Å². The van der Waals surface area contributed by atoms with E-state index in [0.29, 0.717) is 5.56 Å². The predicted octanol–water partition coefficient (Wildman–Crippen LogP) is 3.36. The Morgan fingerprint density at radius 2 is 1.43 bits per heavy atom. The Morgan fingerprint density at radius 3 is 1.90 bits per heavy atom. The van der Waals surface area contributed by atoms with Gasteiger partial charge < -0.3 is 10.2 Å². The van der Waals surface area contributed by atoms with E-state index in [9.17, 15) is 14.7 Å². The molecule has 2 N–H and O–H groups in total. The van der Waals surface area contributed by atoms with Crippen LogP contribution in [0.4, 0.5) is 0 Å². The highest BCUT2D eigenvalue weighted by Gasteiger charge is 2.27. The lowest BCUT2D eigenvalue weighted by Crippen LogP contribution is -2.18. The lowest BCUT2D eigenvalue weighted by Gasteiger charge is -2.21. The summed E-state index contributed by atoms with van der Waals surface area (Å²) in [5.41, 5.74) is 1.69. The molecular formula is C17H16O4. The fourth-order valence-electron chi connectivity index (χ4n) is 2.43. The molecule has 2 aromatic rings. The van der Waals surface area contributed by atoms with E-state index in [-0.39, 0.29) is 11.5 Å². The minimum Gasteiger partial charge on any atom is -0.481 e. The molecule has 2 rings (SSSR count). The van der Waals surface area contributed by atoms with Crippen molar-refractivity contribution in [3.05, 3.63) is 71.3 Å². The summed E-state index contributed by atoms with van der Waals surface area (Å²) in [7, 11) is 0. The maximum Gasteiger partial charge on any atom is 0.335 e. The molecule has 0 radical (unpaired) electrons. The van der Waals surface area contributed by atoms with Crippen LogP contribution in [0, 0.1) is 0 Å². The smallest absolute Gasteiger partial charge is 0.335 e. The van der Waals surface area contributed by atoms with Crippen LogP contribution in [-0.2, 0) is 4.79 Å². The highest BCUT2D eigenvalue weighted by atomic mass is 16.4. The van der Waals surface area contributed by atoms with Crippen LogP contribution in [0.15, 0.2) is 54.6 Å². The van der Waals surface area contributed by atoms with Crippen LogP contribution in [0.3, 0.4) is 0 Å². The SMILES string of the molecule is CC(c1ccccc1)C(C(=O)O)c1ccc(C(=O)O)cc1. The fraction of sp³-hybridized carbons (Fsp3) is 0.176. The van der Waals surface area contributed by atoms with Gasteiger partial charge in [0.2, 0.25) is 0 Å². The second kappa shape index (κ2) is 6.22. The zero-order valence-electron chi connectivity index (χ0n) is 11.6. The van der Waals surface area contributed by atoms with Crippen molar-refractivity contribution in [2.75, 3.05) is 0 Å². The van der Waals surface area contributed by atoms with Crippen molar-refractivity contribution in [3.8, 4) is 0 Å². The third-order valence-corrected chi connectivity index (χ3v) is 3.61. The van der Waals surface area contributed by atoms with Crippen molar-refractivity contribution in [1.29, 1.82) is 0 Å². The van der Waals surface area contributed by atoms with Crippen molar-refractivity contribution >= 4 is 11.9 Å². The first-order valence-corrected chi connectivity index (χ1v) is 6.61. The Hall–Kier alpha value is -2.62. The van der Waals surface area contributed by atoms with Crippen molar-refractivity contribution in [1.82, 2.24) is 0 Å². The predicted molar refractivity (Wildman–Crippen MR) is 78.6 cm³/mol. The van der Waals surface area contributed by atoms with Gasteiger partial charge in [-0.3, -0.25) is 4.79 Å². The van der Waals surface area contributed by atoms with Gasteiger partial charge in [0.15, 0.2) is 0 Å². The number of hydrogen-bond donors (Lipinski definition) is 2. The summed E-state index contributed by atoms with van der Waals surface area (Å²) >= 11 is 0. The molecular weight excluding hydrogens is 268 g/mol. The molecule has 108 valence electrons. The average molecular weight is 284 g/mol. The molecule has 0 fully saturated rings. The van der Waals surface area contributed by atoms with Gasteiger partial charge in [0.05, 0.1) is 11.5 Å². The van der Waals surface area contributed by atoms with E-state index in [2.05, 4.69) is 0 Å². The second-order valence-corrected chi connectivity index (χ2v) is 4.94. The number of rotatable bonds is 5. The van der Waals surface area contributed by atoms with Crippen LogP contribution in [0.2, 0.25) is 0 Å². The van der Waals surface area contributed by atoms with Crippen LogP contribution in [0.25, 0.3) is 0 Å². The molecule has 0 saturated heterocycles. The highest BCUT2D eigenvalue weighted by Crippen LogP contribution is 2.33. The highest BCUT2D eigenvalue weighted by molar-refractivity contribution is 5.88. The van der Waals surface area contributed by atoms with Crippen molar-refractivity contribution < 1.29 is 19.8 Å². The monoisotopic (exact) mass is 284 g/mol. The van der Waals surface area contributed by atoms with E-state index in [1.54, 1.807) is 12.1 Å². The van der Waals surface area contributed by atoms with Crippen LogP contribution in [-0.4, -0.2) is 22.2 Å². The Bertz CT molecular complexity index is 632. The standard InChI is InChI=1S/C17H16O4/c1-11(12-5-3-2-4-6-12)15(17(20)21)13-7-9-14(10-8-13)16(18)19/h2-11,15H,1H3,(H,18,19)(H,20,21). The van der Waals surface area contributed by atoms with Crippen molar-refractivity contribution in [2.24, 2.45) is 0 Å². The Labute approximate surface area is 122 Å². The lowest BCUT2D eigenvalue weighted by molar-refractivity contribution is -0.139. The molecule has 4 heteroatoms. The van der Waals surface area contributed by atoms with Gasteiger partial charge in [-0.25, -0.2) is 4.79 Å². The second-order valence-electron chi connectivity index (χ2n) is 4.94. The quantitative estimate of drug-likeness (QED) is 0.882. The minimum atomic E-state index is -1.02. The maximum absolute atomic E-state index is 11.6. The van der Waals surface area contributed by atoms with Crippen LogP contribution in [0.1, 0.15) is 40.2 Å². The number of carboxylic acids is 2. The average Bonchev–Trinajstić information content (AvgIpc) is 2.48. The first kappa shape index (κ1) is 14.8. The summed E-state index contributed by atoms with van der Waals surface area (Å²) in [6, 6.07) is 15.4. The molecule has 4 nitrogen and oxygen atoms in total. The van der Waals surface area contributed by atoms with E-state index in [0.717, 1.165) is 5.56 Å². The van der Waals surface area contributed by atoms with E-state index < -0.39 is 17.9 Å². The summed E-state index contributed by atoms with van der Waals surface area (Å²) in [4.78, 5) is 22.5. The summed E-state index contributed by atoms with van der Waals surface area (Å²) in [5.74, 6) is -2.87. The molecule has 0 heterocycles. The minimum absolute atomic E-state index is 0.148. The first-order chi connectivity index (χ1) is 10.0. The Balaban J connectivity index is 2.35. The van der Waals surface area contributed by atoms with E-state index in [1.165, 1.54) is 12.1 Å². The Morgan fingerprint density at radius 1 is 0.857 bits per heavy atom. The van der Waals surface area contributed by atoms with Crippen LogP contribution in [0.5, 0.6) is 0 Å². The molecule has 0 aliphatic heterocycles. The van der Waals surface area contributed by atoms with Gasteiger partial charge in [0.1, 0.15) is 0 Å². The van der Waals surface area contributed by atoms with Crippen molar-refractivity contribution in [3.63, 3.8) is 0 Å². The summed E-state index contributed by atoms with van der Waals surface area (Å²) in [6.45, 7) is 1.86. The number of hydrogen-bond acceptors (Lipinski definition) is 2. The largest absolute Gasteiger partial charge is 0.481 e. The molecule has 0 amide bonds. The molecule has 0 aliphatic rings. The molecule has 2 unspecified atom stereocenters. The zero-order valence-corrected chi connectivity index (χ0v) is 11.6. The van der Waals surface area contributed by atoms with E-state index in [1.807, 2.05) is 37.3 Å². The summed E-state index contributed by atoms with van der Waals surface area (Å²) in [5, 5.41) is 18.4. The number of benzene rings is 2. The molecule has 0 saturated carbocycles.